The Labute approximate surface area is 98.8 Å². The highest BCUT2D eigenvalue weighted by Crippen LogP contribution is 2.18. The standard InChI is InChI=1S/C10H14ClN5/c1-7(3-4-11)15-9-8-5-14-16(2)10(8)13-6-12-9/h5-7H,3-4H2,1-2H3,(H,12,13,15). The lowest BCUT2D eigenvalue weighted by atomic mass is 10.2. The molecule has 0 saturated heterocycles. The van der Waals surface area contributed by atoms with Crippen LogP contribution in [-0.4, -0.2) is 31.7 Å². The van der Waals surface area contributed by atoms with E-state index in [1.807, 2.05) is 7.05 Å². The van der Waals surface area contributed by atoms with Crippen LogP contribution in [0.4, 0.5) is 5.82 Å². The van der Waals surface area contributed by atoms with Crippen LogP contribution in [-0.2, 0) is 7.05 Å². The Kier molecular flexibility index (Phi) is 3.24. The number of nitrogens with one attached hydrogen (secondary N) is 1. The van der Waals surface area contributed by atoms with Crippen LogP contribution in [0.2, 0.25) is 0 Å². The van der Waals surface area contributed by atoms with Gasteiger partial charge in [-0.05, 0) is 13.3 Å². The molecule has 0 aromatic carbocycles. The number of anilines is 1. The first-order valence-electron chi connectivity index (χ1n) is 5.17. The summed E-state index contributed by atoms with van der Waals surface area (Å²) in [5.74, 6) is 1.45. The number of rotatable bonds is 4. The van der Waals surface area contributed by atoms with Gasteiger partial charge in [0.2, 0.25) is 0 Å². The van der Waals surface area contributed by atoms with Crippen LogP contribution in [0.25, 0.3) is 11.0 Å². The minimum atomic E-state index is 0.288. The van der Waals surface area contributed by atoms with E-state index in [1.54, 1.807) is 17.2 Å². The molecule has 0 aliphatic carbocycles. The first kappa shape index (κ1) is 11.1. The molecular weight excluding hydrogens is 226 g/mol. The third-order valence-electron chi connectivity index (χ3n) is 2.45. The fraction of sp³-hybridized carbons (Fsp3) is 0.500. The SMILES string of the molecule is CC(CCCl)Nc1ncnc2c1cnn2C. The second-order valence-corrected chi connectivity index (χ2v) is 4.13. The summed E-state index contributed by atoms with van der Waals surface area (Å²) in [6, 6.07) is 0.288. The number of fused-ring (bicyclic) bond motifs is 1. The molecule has 0 fully saturated rings. The zero-order valence-electron chi connectivity index (χ0n) is 9.31. The summed E-state index contributed by atoms with van der Waals surface area (Å²) in [4.78, 5) is 8.40. The second kappa shape index (κ2) is 4.65. The second-order valence-electron chi connectivity index (χ2n) is 3.75. The molecule has 0 aliphatic rings. The van der Waals surface area contributed by atoms with Crippen molar-refractivity contribution in [3.8, 4) is 0 Å². The van der Waals surface area contributed by atoms with Crippen molar-refractivity contribution in [2.75, 3.05) is 11.2 Å². The van der Waals surface area contributed by atoms with Gasteiger partial charge in [0, 0.05) is 19.0 Å². The number of hydrogen-bond acceptors (Lipinski definition) is 4. The first-order valence-corrected chi connectivity index (χ1v) is 5.71. The average Bonchev–Trinajstić information content (AvgIpc) is 2.62. The molecule has 2 heterocycles. The zero-order valence-corrected chi connectivity index (χ0v) is 10.1. The van der Waals surface area contributed by atoms with Crippen molar-refractivity contribution >= 4 is 28.5 Å². The molecule has 0 saturated carbocycles. The van der Waals surface area contributed by atoms with E-state index in [0.29, 0.717) is 5.88 Å². The summed E-state index contributed by atoms with van der Waals surface area (Å²) in [5.41, 5.74) is 0.829. The number of aryl methyl sites for hydroxylation is 1. The van der Waals surface area contributed by atoms with Gasteiger partial charge < -0.3 is 5.32 Å². The Hall–Kier alpha value is -1.36. The molecule has 6 heteroatoms. The fourth-order valence-corrected chi connectivity index (χ4v) is 1.87. The summed E-state index contributed by atoms with van der Waals surface area (Å²) in [6.07, 6.45) is 4.21. The molecule has 1 atom stereocenters. The normalized spacial score (nSPS) is 12.9. The Morgan fingerprint density at radius 1 is 1.50 bits per heavy atom. The number of aromatic nitrogens is 4. The van der Waals surface area contributed by atoms with Crippen LogP contribution in [0, 0.1) is 0 Å². The Morgan fingerprint density at radius 2 is 2.31 bits per heavy atom. The van der Waals surface area contributed by atoms with Gasteiger partial charge in [-0.2, -0.15) is 5.10 Å². The zero-order chi connectivity index (χ0) is 11.5. The Balaban J connectivity index is 2.30. The van der Waals surface area contributed by atoms with Crippen molar-refractivity contribution in [1.29, 1.82) is 0 Å². The fourth-order valence-electron chi connectivity index (χ4n) is 1.55. The Bertz CT molecular complexity index is 481. The van der Waals surface area contributed by atoms with Crippen LogP contribution in [0.3, 0.4) is 0 Å². The van der Waals surface area contributed by atoms with Gasteiger partial charge in [-0.25, -0.2) is 9.97 Å². The monoisotopic (exact) mass is 239 g/mol. The summed E-state index contributed by atoms with van der Waals surface area (Å²) in [7, 11) is 1.86. The number of hydrogen-bond donors (Lipinski definition) is 1. The van der Waals surface area contributed by atoms with Crippen molar-refractivity contribution in [3.63, 3.8) is 0 Å². The van der Waals surface area contributed by atoms with Crippen molar-refractivity contribution in [2.24, 2.45) is 7.05 Å². The van der Waals surface area contributed by atoms with Gasteiger partial charge in [0.15, 0.2) is 5.65 Å². The van der Waals surface area contributed by atoms with Gasteiger partial charge in [-0.3, -0.25) is 4.68 Å². The lowest BCUT2D eigenvalue weighted by Gasteiger charge is -2.12. The number of nitrogens with zero attached hydrogens (tertiary/aromatic N) is 4. The van der Waals surface area contributed by atoms with Gasteiger partial charge in [0.1, 0.15) is 12.1 Å². The lowest BCUT2D eigenvalue weighted by molar-refractivity contribution is 0.764. The van der Waals surface area contributed by atoms with E-state index in [1.165, 1.54) is 0 Å². The molecule has 2 rings (SSSR count). The summed E-state index contributed by atoms with van der Waals surface area (Å²) in [5, 5.41) is 8.40. The maximum atomic E-state index is 5.70. The molecule has 0 radical (unpaired) electrons. The Morgan fingerprint density at radius 3 is 3.06 bits per heavy atom. The molecule has 0 amide bonds. The summed E-state index contributed by atoms with van der Waals surface area (Å²) >= 11 is 5.70. The van der Waals surface area contributed by atoms with Crippen molar-refractivity contribution in [1.82, 2.24) is 19.7 Å². The van der Waals surface area contributed by atoms with Gasteiger partial charge in [-0.1, -0.05) is 0 Å². The van der Waals surface area contributed by atoms with E-state index in [-0.39, 0.29) is 6.04 Å². The summed E-state index contributed by atoms with van der Waals surface area (Å²) < 4.78 is 1.73. The maximum absolute atomic E-state index is 5.70. The van der Waals surface area contributed by atoms with Crippen LogP contribution in [0.15, 0.2) is 12.5 Å². The minimum Gasteiger partial charge on any atom is -0.367 e. The molecule has 0 spiro atoms. The molecule has 1 unspecified atom stereocenters. The smallest absolute Gasteiger partial charge is 0.163 e. The number of halogens is 1. The first-order chi connectivity index (χ1) is 7.72. The van der Waals surface area contributed by atoms with Gasteiger partial charge in [0.25, 0.3) is 0 Å². The maximum Gasteiger partial charge on any atom is 0.163 e. The van der Waals surface area contributed by atoms with Gasteiger partial charge in [-0.15, -0.1) is 11.6 Å². The quantitative estimate of drug-likeness (QED) is 0.827. The van der Waals surface area contributed by atoms with Crippen LogP contribution in [0.1, 0.15) is 13.3 Å². The highest BCUT2D eigenvalue weighted by Gasteiger charge is 2.09. The van der Waals surface area contributed by atoms with Gasteiger partial charge >= 0.3 is 0 Å². The van der Waals surface area contributed by atoms with Crippen LogP contribution < -0.4 is 5.32 Å². The van der Waals surface area contributed by atoms with E-state index in [2.05, 4.69) is 27.3 Å². The van der Waals surface area contributed by atoms with E-state index < -0.39 is 0 Å². The highest BCUT2D eigenvalue weighted by molar-refractivity contribution is 6.17. The molecule has 0 bridgehead atoms. The average molecular weight is 240 g/mol. The lowest BCUT2D eigenvalue weighted by Crippen LogP contribution is -2.16. The largest absolute Gasteiger partial charge is 0.367 e. The van der Waals surface area contributed by atoms with Crippen molar-refractivity contribution in [3.05, 3.63) is 12.5 Å². The molecular formula is C10H14ClN5. The van der Waals surface area contributed by atoms with Gasteiger partial charge in [0.05, 0.1) is 11.6 Å². The third-order valence-corrected chi connectivity index (χ3v) is 2.67. The van der Waals surface area contributed by atoms with E-state index in [9.17, 15) is 0 Å². The molecule has 1 N–H and O–H groups in total. The van der Waals surface area contributed by atoms with E-state index >= 15 is 0 Å². The van der Waals surface area contributed by atoms with Crippen LogP contribution >= 0.6 is 11.6 Å². The molecule has 86 valence electrons. The topological polar surface area (TPSA) is 55.6 Å². The predicted molar refractivity (Wildman–Crippen MR) is 64.7 cm³/mol. The van der Waals surface area contributed by atoms with E-state index in [0.717, 1.165) is 23.3 Å². The van der Waals surface area contributed by atoms with Crippen molar-refractivity contribution in [2.45, 2.75) is 19.4 Å². The van der Waals surface area contributed by atoms with E-state index in [4.69, 9.17) is 11.6 Å². The minimum absolute atomic E-state index is 0.288. The molecule has 5 nitrogen and oxygen atoms in total. The predicted octanol–water partition coefficient (Wildman–Crippen LogP) is 1.79. The number of alkyl halides is 1. The third kappa shape index (κ3) is 2.09. The molecule has 16 heavy (non-hydrogen) atoms. The van der Waals surface area contributed by atoms with Crippen LogP contribution in [0.5, 0.6) is 0 Å². The highest BCUT2D eigenvalue weighted by atomic mass is 35.5. The van der Waals surface area contributed by atoms with Crippen molar-refractivity contribution < 1.29 is 0 Å². The molecule has 0 aliphatic heterocycles. The molecule has 2 aromatic heterocycles. The molecule has 2 aromatic rings. The summed E-state index contributed by atoms with van der Waals surface area (Å²) in [6.45, 7) is 2.08.